The van der Waals surface area contributed by atoms with E-state index >= 15 is 0 Å². The lowest BCUT2D eigenvalue weighted by Gasteiger charge is -2.19. The fourth-order valence-corrected chi connectivity index (χ4v) is 2.22. The lowest BCUT2D eigenvalue weighted by Crippen LogP contribution is -2.46. The molecule has 2 atom stereocenters. The van der Waals surface area contributed by atoms with Crippen molar-refractivity contribution in [2.75, 3.05) is 0 Å². The first-order valence-electron chi connectivity index (χ1n) is 7.21. The van der Waals surface area contributed by atoms with Gasteiger partial charge in [-0.1, -0.05) is 31.2 Å². The van der Waals surface area contributed by atoms with Crippen LogP contribution in [0.5, 0.6) is 0 Å². The normalized spacial score (nSPS) is 13.2. The van der Waals surface area contributed by atoms with Crippen molar-refractivity contribution < 1.29 is 19.5 Å². The molecule has 0 aliphatic carbocycles. The highest BCUT2D eigenvalue weighted by molar-refractivity contribution is 5.89. The molecule has 2 unspecified atom stereocenters. The van der Waals surface area contributed by atoms with Crippen molar-refractivity contribution in [3.05, 3.63) is 35.4 Å². The predicted molar refractivity (Wildman–Crippen MR) is 82.0 cm³/mol. The number of carbonyl (C=O) groups excluding carboxylic acids is 2. The molecule has 1 aromatic rings. The van der Waals surface area contributed by atoms with Crippen LogP contribution in [-0.4, -0.2) is 28.9 Å². The smallest absolute Gasteiger partial charge is 0.326 e. The van der Waals surface area contributed by atoms with Gasteiger partial charge < -0.3 is 16.2 Å². The predicted octanol–water partition coefficient (Wildman–Crippen LogP) is 1.01. The number of aryl methyl sites for hydroxylation is 1. The summed E-state index contributed by atoms with van der Waals surface area (Å²) in [5.41, 5.74) is 7.14. The Morgan fingerprint density at radius 3 is 2.41 bits per heavy atom. The fraction of sp³-hybridized carbons (Fsp3) is 0.438. The first-order valence-corrected chi connectivity index (χ1v) is 7.21. The van der Waals surface area contributed by atoms with Gasteiger partial charge in [0.15, 0.2) is 0 Å². The Morgan fingerprint density at radius 1 is 1.27 bits per heavy atom. The zero-order valence-electron chi connectivity index (χ0n) is 12.8. The summed E-state index contributed by atoms with van der Waals surface area (Å²) in [4.78, 5) is 34.2. The van der Waals surface area contributed by atoms with Crippen LogP contribution in [0.25, 0.3) is 0 Å². The van der Waals surface area contributed by atoms with Gasteiger partial charge in [-0.05, 0) is 30.9 Å². The summed E-state index contributed by atoms with van der Waals surface area (Å²) in [6.45, 7) is 3.83. The van der Waals surface area contributed by atoms with Gasteiger partial charge in [0, 0.05) is 5.92 Å². The molecule has 0 fully saturated rings. The Bertz CT molecular complexity index is 557. The van der Waals surface area contributed by atoms with Crippen molar-refractivity contribution in [1.82, 2.24) is 5.32 Å². The third-order valence-corrected chi connectivity index (χ3v) is 3.61. The van der Waals surface area contributed by atoms with Crippen molar-refractivity contribution in [1.29, 1.82) is 0 Å². The Labute approximate surface area is 129 Å². The van der Waals surface area contributed by atoms with Crippen LogP contribution in [-0.2, 0) is 20.8 Å². The third-order valence-electron chi connectivity index (χ3n) is 3.61. The van der Waals surface area contributed by atoms with E-state index in [4.69, 9.17) is 10.8 Å². The van der Waals surface area contributed by atoms with Gasteiger partial charge in [0.1, 0.15) is 6.04 Å². The summed E-state index contributed by atoms with van der Waals surface area (Å²) in [7, 11) is 0. The SMILES string of the molecule is CCC(Cc1ccccc1C)C(=O)NC(CC(N)=O)C(=O)O. The molecule has 0 bridgehead atoms. The van der Waals surface area contributed by atoms with Gasteiger partial charge in [0.2, 0.25) is 11.8 Å². The number of amides is 2. The highest BCUT2D eigenvalue weighted by Crippen LogP contribution is 2.16. The van der Waals surface area contributed by atoms with Gasteiger partial charge >= 0.3 is 5.97 Å². The van der Waals surface area contributed by atoms with Gasteiger partial charge in [-0.15, -0.1) is 0 Å². The molecule has 4 N–H and O–H groups in total. The quantitative estimate of drug-likeness (QED) is 0.665. The van der Waals surface area contributed by atoms with Gasteiger partial charge in [-0.25, -0.2) is 4.79 Å². The van der Waals surface area contributed by atoms with Gasteiger partial charge in [-0.2, -0.15) is 0 Å². The molecular weight excluding hydrogens is 284 g/mol. The average molecular weight is 306 g/mol. The summed E-state index contributed by atoms with van der Waals surface area (Å²) < 4.78 is 0. The maximum atomic E-state index is 12.3. The fourth-order valence-electron chi connectivity index (χ4n) is 2.22. The van der Waals surface area contributed by atoms with Crippen LogP contribution in [0.4, 0.5) is 0 Å². The molecule has 120 valence electrons. The number of carboxylic acid groups (broad SMARTS) is 1. The molecule has 0 heterocycles. The highest BCUT2D eigenvalue weighted by Gasteiger charge is 2.26. The second kappa shape index (κ2) is 8.17. The Morgan fingerprint density at radius 2 is 1.91 bits per heavy atom. The van der Waals surface area contributed by atoms with Gasteiger partial charge in [-0.3, -0.25) is 9.59 Å². The van der Waals surface area contributed by atoms with E-state index in [-0.39, 0.29) is 11.8 Å². The summed E-state index contributed by atoms with van der Waals surface area (Å²) in [6.07, 6.45) is 0.683. The topological polar surface area (TPSA) is 109 Å². The van der Waals surface area contributed by atoms with Crippen LogP contribution in [0.2, 0.25) is 0 Å². The first kappa shape index (κ1) is 17.7. The largest absolute Gasteiger partial charge is 0.480 e. The van der Waals surface area contributed by atoms with E-state index in [1.54, 1.807) is 0 Å². The maximum absolute atomic E-state index is 12.3. The van der Waals surface area contributed by atoms with Crippen LogP contribution in [0.15, 0.2) is 24.3 Å². The zero-order chi connectivity index (χ0) is 16.7. The van der Waals surface area contributed by atoms with Crippen molar-refractivity contribution in [2.45, 2.75) is 39.2 Å². The number of carboxylic acids is 1. The summed E-state index contributed by atoms with van der Waals surface area (Å²) in [6, 6.07) is 6.46. The van der Waals surface area contributed by atoms with Gasteiger partial charge in [0.05, 0.1) is 6.42 Å². The van der Waals surface area contributed by atoms with E-state index in [0.717, 1.165) is 11.1 Å². The molecule has 0 aromatic heterocycles. The lowest BCUT2D eigenvalue weighted by molar-refractivity contribution is -0.144. The molecule has 22 heavy (non-hydrogen) atoms. The number of hydrogen-bond donors (Lipinski definition) is 3. The number of benzene rings is 1. The first-order chi connectivity index (χ1) is 10.3. The molecule has 0 aliphatic rings. The minimum Gasteiger partial charge on any atom is -0.480 e. The zero-order valence-corrected chi connectivity index (χ0v) is 12.8. The standard InChI is InChI=1S/C16H22N2O4/c1-3-11(8-12-7-5-4-6-10(12)2)15(20)18-13(16(21)22)9-14(17)19/h4-7,11,13H,3,8-9H2,1-2H3,(H2,17,19)(H,18,20)(H,21,22). The van der Waals surface area contributed by atoms with Crippen LogP contribution in [0.3, 0.4) is 0 Å². The molecule has 6 heteroatoms. The summed E-state index contributed by atoms with van der Waals surface area (Å²) >= 11 is 0. The third kappa shape index (κ3) is 5.20. The average Bonchev–Trinajstić information content (AvgIpc) is 2.45. The lowest BCUT2D eigenvalue weighted by atomic mass is 9.93. The Kier molecular flexibility index (Phi) is 6.56. The second-order valence-corrected chi connectivity index (χ2v) is 5.31. The van der Waals surface area contributed by atoms with Crippen LogP contribution in [0.1, 0.15) is 30.9 Å². The van der Waals surface area contributed by atoms with E-state index in [1.807, 2.05) is 38.1 Å². The Hall–Kier alpha value is -2.37. The van der Waals surface area contributed by atoms with E-state index in [1.165, 1.54) is 0 Å². The van der Waals surface area contributed by atoms with E-state index in [2.05, 4.69) is 5.32 Å². The number of aliphatic carboxylic acids is 1. The minimum atomic E-state index is -1.28. The van der Waals surface area contributed by atoms with Crippen molar-refractivity contribution in [3.63, 3.8) is 0 Å². The molecule has 2 amide bonds. The van der Waals surface area contributed by atoms with Crippen molar-refractivity contribution in [3.8, 4) is 0 Å². The number of carbonyl (C=O) groups is 3. The van der Waals surface area contributed by atoms with Crippen molar-refractivity contribution in [2.24, 2.45) is 11.7 Å². The van der Waals surface area contributed by atoms with Crippen LogP contribution >= 0.6 is 0 Å². The molecule has 0 radical (unpaired) electrons. The van der Waals surface area contributed by atoms with E-state index in [9.17, 15) is 14.4 Å². The highest BCUT2D eigenvalue weighted by atomic mass is 16.4. The van der Waals surface area contributed by atoms with Crippen molar-refractivity contribution >= 4 is 17.8 Å². The number of nitrogens with two attached hydrogens (primary N) is 1. The summed E-state index contributed by atoms with van der Waals surface area (Å²) in [5, 5.41) is 11.4. The maximum Gasteiger partial charge on any atom is 0.326 e. The molecule has 0 saturated heterocycles. The summed E-state index contributed by atoms with van der Waals surface area (Å²) in [5.74, 6) is -2.76. The molecule has 6 nitrogen and oxygen atoms in total. The molecular formula is C16H22N2O4. The number of nitrogens with one attached hydrogen (secondary N) is 1. The minimum absolute atomic E-state index is 0.351. The number of rotatable bonds is 8. The number of hydrogen-bond acceptors (Lipinski definition) is 3. The van der Waals surface area contributed by atoms with Crippen LogP contribution in [0, 0.1) is 12.8 Å². The molecule has 1 aromatic carbocycles. The van der Waals surface area contributed by atoms with Crippen LogP contribution < -0.4 is 11.1 Å². The molecule has 0 saturated carbocycles. The molecule has 0 aliphatic heterocycles. The molecule has 0 spiro atoms. The Balaban J connectivity index is 2.77. The van der Waals surface area contributed by atoms with E-state index < -0.39 is 24.3 Å². The molecule has 1 rings (SSSR count). The monoisotopic (exact) mass is 306 g/mol. The van der Waals surface area contributed by atoms with Gasteiger partial charge in [0.25, 0.3) is 0 Å². The number of primary amides is 1. The second-order valence-electron chi connectivity index (χ2n) is 5.31. The van der Waals surface area contributed by atoms with E-state index in [0.29, 0.717) is 12.8 Å².